The minimum Gasteiger partial charge on any atom is -0.475 e. The lowest BCUT2D eigenvalue weighted by atomic mass is 9.98. The molecule has 0 aromatic heterocycles. The van der Waals surface area contributed by atoms with Crippen LogP contribution in [0.1, 0.15) is 39.3 Å². The van der Waals surface area contributed by atoms with Gasteiger partial charge in [0.15, 0.2) is 0 Å². The molecule has 0 bridgehead atoms. The Hall–Kier alpha value is -2.09. The highest BCUT2D eigenvalue weighted by Gasteiger charge is 2.38. The topological polar surface area (TPSA) is 75.6 Å². The molecule has 0 spiro atoms. The largest absolute Gasteiger partial charge is 0.490 e. The molecule has 1 atom stereocenters. The summed E-state index contributed by atoms with van der Waals surface area (Å²) in [7, 11) is 0. The van der Waals surface area contributed by atoms with Gasteiger partial charge in [-0.05, 0) is 33.3 Å². The number of carboxylic acid groups (broad SMARTS) is 1. The number of carboxylic acids is 1. The second-order valence-corrected chi connectivity index (χ2v) is 5.69. The predicted octanol–water partition coefficient (Wildman–Crippen LogP) is 3.47. The third kappa shape index (κ3) is 8.82. The van der Waals surface area contributed by atoms with Gasteiger partial charge in [0.05, 0.1) is 11.5 Å². The molecule has 0 fully saturated rings. The Morgan fingerprint density at radius 1 is 1.13 bits per heavy atom. The van der Waals surface area contributed by atoms with Gasteiger partial charge in [-0.3, -0.25) is 0 Å². The van der Waals surface area contributed by atoms with Gasteiger partial charge in [0.1, 0.15) is 0 Å². The van der Waals surface area contributed by atoms with E-state index in [-0.39, 0.29) is 12.0 Å². The van der Waals surface area contributed by atoms with E-state index >= 15 is 0 Å². The van der Waals surface area contributed by atoms with E-state index in [0.29, 0.717) is 0 Å². The smallest absolute Gasteiger partial charge is 0.475 e. The molecule has 5 nitrogen and oxygen atoms in total. The number of rotatable bonds is 3. The van der Waals surface area contributed by atoms with Gasteiger partial charge in [-0.25, -0.2) is 9.59 Å². The first-order valence-electron chi connectivity index (χ1n) is 6.67. The summed E-state index contributed by atoms with van der Waals surface area (Å²) in [4.78, 5) is 25.4. The van der Waals surface area contributed by atoms with Gasteiger partial charge in [-0.15, -0.1) is 5.48 Å². The standard InChI is InChI=1S/C13H19NO2.C2HF3O2/c1-10(11-8-6-5-7-9-11)14-16-12(15)13(2,3)4;3-2(4,5)1(6)7/h5-10,14H,1-4H3;(H,6,7)/t10-;/m0./s1. The highest BCUT2D eigenvalue weighted by atomic mass is 19.4. The molecule has 0 amide bonds. The van der Waals surface area contributed by atoms with Crippen LogP contribution in [0, 0.1) is 5.41 Å². The van der Waals surface area contributed by atoms with E-state index in [1.54, 1.807) is 0 Å². The van der Waals surface area contributed by atoms with Crippen LogP contribution in [0.4, 0.5) is 13.2 Å². The van der Waals surface area contributed by atoms with Gasteiger partial charge >= 0.3 is 18.1 Å². The van der Waals surface area contributed by atoms with Crippen molar-refractivity contribution in [3.63, 3.8) is 0 Å². The van der Waals surface area contributed by atoms with Gasteiger partial charge in [0.2, 0.25) is 0 Å². The van der Waals surface area contributed by atoms with E-state index in [1.165, 1.54) is 0 Å². The summed E-state index contributed by atoms with van der Waals surface area (Å²) in [6.45, 7) is 7.42. The summed E-state index contributed by atoms with van der Waals surface area (Å²) in [6.07, 6.45) is -5.08. The molecule has 1 aromatic rings. The lowest BCUT2D eigenvalue weighted by Crippen LogP contribution is -2.31. The Labute approximate surface area is 132 Å². The Kier molecular flexibility index (Phi) is 7.74. The van der Waals surface area contributed by atoms with Crippen LogP contribution in [0.5, 0.6) is 0 Å². The summed E-state index contributed by atoms with van der Waals surface area (Å²) in [5.41, 5.74) is 3.36. The van der Waals surface area contributed by atoms with Crippen LogP contribution in [0.3, 0.4) is 0 Å². The fourth-order valence-electron chi connectivity index (χ4n) is 1.10. The van der Waals surface area contributed by atoms with Crippen molar-refractivity contribution in [1.82, 2.24) is 5.48 Å². The Balaban J connectivity index is 0.000000585. The van der Waals surface area contributed by atoms with Crippen LogP contribution >= 0.6 is 0 Å². The quantitative estimate of drug-likeness (QED) is 0.827. The predicted molar refractivity (Wildman–Crippen MR) is 77.2 cm³/mol. The number of aliphatic carboxylic acids is 1. The van der Waals surface area contributed by atoms with E-state index in [4.69, 9.17) is 14.7 Å². The van der Waals surface area contributed by atoms with Crippen molar-refractivity contribution in [3.8, 4) is 0 Å². The minimum atomic E-state index is -5.08. The van der Waals surface area contributed by atoms with Crippen LogP contribution in [0.15, 0.2) is 30.3 Å². The zero-order valence-electron chi connectivity index (χ0n) is 13.3. The van der Waals surface area contributed by atoms with Crippen molar-refractivity contribution in [1.29, 1.82) is 0 Å². The van der Waals surface area contributed by atoms with Gasteiger partial charge in [0, 0.05) is 0 Å². The summed E-state index contributed by atoms with van der Waals surface area (Å²) in [5, 5.41) is 7.12. The van der Waals surface area contributed by atoms with Crippen molar-refractivity contribution in [2.45, 2.75) is 39.9 Å². The number of carbonyl (C=O) groups is 2. The molecule has 0 heterocycles. The molecule has 1 rings (SSSR count). The number of halogens is 3. The Morgan fingerprint density at radius 3 is 1.91 bits per heavy atom. The third-order valence-corrected chi connectivity index (χ3v) is 2.48. The monoisotopic (exact) mass is 335 g/mol. The fourth-order valence-corrected chi connectivity index (χ4v) is 1.10. The zero-order chi connectivity index (χ0) is 18.3. The number of alkyl halides is 3. The molecule has 130 valence electrons. The van der Waals surface area contributed by atoms with Gasteiger partial charge in [-0.1, -0.05) is 30.3 Å². The van der Waals surface area contributed by atoms with Crippen molar-refractivity contribution in [2.24, 2.45) is 5.41 Å². The molecule has 0 aliphatic heterocycles. The van der Waals surface area contributed by atoms with E-state index in [9.17, 15) is 18.0 Å². The molecule has 0 aliphatic rings. The molecule has 23 heavy (non-hydrogen) atoms. The van der Waals surface area contributed by atoms with Gasteiger partial charge < -0.3 is 9.94 Å². The molecular formula is C15H20F3NO4. The van der Waals surface area contributed by atoms with E-state index < -0.39 is 17.6 Å². The van der Waals surface area contributed by atoms with E-state index in [0.717, 1.165) is 5.56 Å². The Bertz CT molecular complexity index is 510. The number of benzene rings is 1. The number of carbonyl (C=O) groups excluding carboxylic acids is 1. The number of hydrogen-bond acceptors (Lipinski definition) is 4. The van der Waals surface area contributed by atoms with Crippen LogP contribution in [-0.2, 0) is 14.4 Å². The number of hydroxylamine groups is 1. The maximum Gasteiger partial charge on any atom is 0.490 e. The summed E-state index contributed by atoms with van der Waals surface area (Å²) in [6, 6.07) is 9.84. The van der Waals surface area contributed by atoms with Crippen LogP contribution < -0.4 is 5.48 Å². The molecule has 8 heteroatoms. The number of hydrogen-bond donors (Lipinski definition) is 2. The van der Waals surface area contributed by atoms with Crippen molar-refractivity contribution < 1.29 is 32.7 Å². The Morgan fingerprint density at radius 2 is 1.57 bits per heavy atom. The molecular weight excluding hydrogens is 315 g/mol. The number of nitrogens with one attached hydrogen (secondary N) is 1. The molecule has 0 aliphatic carbocycles. The SMILES string of the molecule is C[C@H](NOC(=O)C(C)(C)C)c1ccccc1.O=C(O)C(F)(F)F. The third-order valence-electron chi connectivity index (χ3n) is 2.48. The molecule has 0 radical (unpaired) electrons. The maximum absolute atomic E-state index is 11.5. The van der Waals surface area contributed by atoms with Crippen molar-refractivity contribution >= 4 is 11.9 Å². The van der Waals surface area contributed by atoms with Gasteiger partial charge in [0.25, 0.3) is 0 Å². The highest BCUT2D eigenvalue weighted by molar-refractivity contribution is 5.75. The average molecular weight is 335 g/mol. The normalized spacial score (nSPS) is 12.7. The lowest BCUT2D eigenvalue weighted by molar-refractivity contribution is -0.192. The first-order valence-corrected chi connectivity index (χ1v) is 6.67. The average Bonchev–Trinajstić information content (AvgIpc) is 2.43. The molecule has 0 saturated heterocycles. The van der Waals surface area contributed by atoms with E-state index in [1.807, 2.05) is 58.0 Å². The zero-order valence-corrected chi connectivity index (χ0v) is 13.3. The molecule has 1 aromatic carbocycles. The van der Waals surface area contributed by atoms with E-state index in [2.05, 4.69) is 5.48 Å². The highest BCUT2D eigenvalue weighted by Crippen LogP contribution is 2.16. The van der Waals surface area contributed by atoms with Crippen molar-refractivity contribution in [3.05, 3.63) is 35.9 Å². The first-order chi connectivity index (χ1) is 10.4. The molecule has 0 unspecified atom stereocenters. The lowest BCUT2D eigenvalue weighted by Gasteiger charge is -2.19. The van der Waals surface area contributed by atoms with Crippen LogP contribution in [-0.4, -0.2) is 23.2 Å². The van der Waals surface area contributed by atoms with Crippen molar-refractivity contribution in [2.75, 3.05) is 0 Å². The summed E-state index contributed by atoms with van der Waals surface area (Å²) < 4.78 is 31.7. The minimum absolute atomic E-state index is 0.00694. The first kappa shape index (κ1) is 20.9. The fraction of sp³-hybridized carbons (Fsp3) is 0.467. The van der Waals surface area contributed by atoms with Crippen LogP contribution in [0.25, 0.3) is 0 Å². The molecule has 2 N–H and O–H groups in total. The van der Waals surface area contributed by atoms with Gasteiger partial charge in [-0.2, -0.15) is 13.2 Å². The second-order valence-electron chi connectivity index (χ2n) is 5.69. The second kappa shape index (κ2) is 8.52. The summed E-state index contributed by atoms with van der Waals surface area (Å²) in [5.74, 6) is -3.01. The van der Waals surface area contributed by atoms with Crippen LogP contribution in [0.2, 0.25) is 0 Å². The summed E-state index contributed by atoms with van der Waals surface area (Å²) >= 11 is 0. The maximum atomic E-state index is 11.5. The molecule has 0 saturated carbocycles.